The monoisotopic (exact) mass is 539 g/mol. The van der Waals surface area contributed by atoms with Crippen molar-refractivity contribution in [2.24, 2.45) is 0 Å². The summed E-state index contributed by atoms with van der Waals surface area (Å²) < 4.78 is 0. The highest BCUT2D eigenvalue weighted by Gasteiger charge is 2.30. The molecule has 2 heterocycles. The molecular weight excluding hydrogens is 510 g/mol. The zero-order valence-corrected chi connectivity index (χ0v) is 22.5. The van der Waals surface area contributed by atoms with Crippen LogP contribution in [0.3, 0.4) is 0 Å². The summed E-state index contributed by atoms with van der Waals surface area (Å²) >= 11 is 6.36. The fourth-order valence-corrected chi connectivity index (χ4v) is 4.99. The molecular formula is C31H30ClN5O2. The van der Waals surface area contributed by atoms with Crippen LogP contribution >= 0.6 is 11.6 Å². The molecule has 1 aliphatic heterocycles. The quantitative estimate of drug-likeness (QED) is 0.317. The summed E-state index contributed by atoms with van der Waals surface area (Å²) in [6.07, 6.45) is 0. The van der Waals surface area contributed by atoms with Crippen molar-refractivity contribution in [3.63, 3.8) is 0 Å². The lowest BCUT2D eigenvalue weighted by Crippen LogP contribution is -2.52. The van der Waals surface area contributed by atoms with Gasteiger partial charge in [-0.05, 0) is 36.8 Å². The van der Waals surface area contributed by atoms with Gasteiger partial charge >= 0.3 is 0 Å². The summed E-state index contributed by atoms with van der Waals surface area (Å²) in [4.78, 5) is 32.6. The van der Waals surface area contributed by atoms with Crippen LogP contribution in [0.2, 0.25) is 5.02 Å². The number of nitrogens with zero attached hydrogens (tertiary/aromatic N) is 5. The molecule has 5 rings (SSSR count). The van der Waals surface area contributed by atoms with Gasteiger partial charge in [-0.25, -0.2) is 0 Å². The average molecular weight is 540 g/mol. The van der Waals surface area contributed by atoms with Crippen LogP contribution in [-0.4, -0.2) is 64.5 Å². The van der Waals surface area contributed by atoms with Gasteiger partial charge in [-0.2, -0.15) is 0 Å². The van der Waals surface area contributed by atoms with E-state index in [1.165, 1.54) is 0 Å². The maximum atomic E-state index is 13.6. The lowest BCUT2D eigenvalue weighted by atomic mass is 10.1. The first-order valence-corrected chi connectivity index (χ1v) is 13.4. The number of hydrogen-bond donors (Lipinski definition) is 0. The predicted molar refractivity (Wildman–Crippen MR) is 154 cm³/mol. The Bertz CT molecular complexity index is 1410. The van der Waals surface area contributed by atoms with E-state index in [-0.39, 0.29) is 24.4 Å². The Morgan fingerprint density at radius 1 is 0.821 bits per heavy atom. The Hall–Kier alpha value is -4.23. The first kappa shape index (κ1) is 26.4. The Labute approximate surface area is 233 Å². The van der Waals surface area contributed by atoms with Crippen molar-refractivity contribution in [3.05, 3.63) is 113 Å². The number of halogens is 1. The number of carbonyl (C=O) groups is 2. The minimum atomic E-state index is -0.307. The van der Waals surface area contributed by atoms with Crippen molar-refractivity contribution in [1.29, 1.82) is 0 Å². The number of hydrogen-bond acceptors (Lipinski definition) is 5. The maximum Gasteiger partial charge on any atom is 0.256 e. The topological polar surface area (TPSA) is 69.6 Å². The number of amides is 2. The highest BCUT2D eigenvalue weighted by molar-refractivity contribution is 6.33. The van der Waals surface area contributed by atoms with E-state index in [1.807, 2.05) is 84.6 Å². The normalized spacial score (nSPS) is 14.1. The number of aromatic nitrogens is 2. The van der Waals surface area contributed by atoms with E-state index in [2.05, 4.69) is 15.1 Å². The fourth-order valence-electron chi connectivity index (χ4n) is 4.77. The lowest BCUT2D eigenvalue weighted by Gasteiger charge is -2.37. The fraction of sp³-hybridized carbons (Fsp3) is 0.226. The Morgan fingerprint density at radius 2 is 1.46 bits per heavy atom. The number of carbonyl (C=O) groups excluding carboxylic acids is 2. The van der Waals surface area contributed by atoms with Gasteiger partial charge in [0.05, 0.1) is 22.3 Å². The van der Waals surface area contributed by atoms with Crippen LogP contribution in [0.1, 0.15) is 28.9 Å². The molecule has 0 aliphatic carbocycles. The molecule has 2 amide bonds. The van der Waals surface area contributed by atoms with Crippen LogP contribution in [0.4, 0.5) is 5.82 Å². The van der Waals surface area contributed by atoms with Gasteiger partial charge in [-0.15, -0.1) is 10.2 Å². The molecule has 1 aliphatic rings. The molecule has 7 nitrogen and oxygen atoms in total. The number of piperazine rings is 1. The van der Waals surface area contributed by atoms with E-state index in [9.17, 15) is 9.59 Å². The van der Waals surface area contributed by atoms with Crippen molar-refractivity contribution < 1.29 is 9.59 Å². The SMILES string of the molecule is C[C@H](c1ccccc1)N(CC(=O)N1CCN(c2ccc(-c3ccccc3)nn2)CC1)C(=O)c1ccccc1Cl. The predicted octanol–water partition coefficient (Wildman–Crippen LogP) is 5.35. The maximum absolute atomic E-state index is 13.6. The van der Waals surface area contributed by atoms with E-state index in [0.29, 0.717) is 36.8 Å². The van der Waals surface area contributed by atoms with E-state index in [1.54, 1.807) is 29.2 Å². The van der Waals surface area contributed by atoms with Gasteiger partial charge in [-0.3, -0.25) is 9.59 Å². The number of rotatable bonds is 7. The highest BCUT2D eigenvalue weighted by atomic mass is 35.5. The van der Waals surface area contributed by atoms with Crippen molar-refractivity contribution in [2.75, 3.05) is 37.6 Å². The molecule has 0 radical (unpaired) electrons. The molecule has 1 aromatic heterocycles. The third-order valence-electron chi connectivity index (χ3n) is 7.10. The molecule has 8 heteroatoms. The second kappa shape index (κ2) is 12.1. The van der Waals surface area contributed by atoms with Gasteiger partial charge in [-0.1, -0.05) is 84.4 Å². The van der Waals surface area contributed by atoms with Gasteiger partial charge in [0.1, 0.15) is 6.54 Å². The zero-order chi connectivity index (χ0) is 27.2. The molecule has 4 aromatic rings. The molecule has 0 N–H and O–H groups in total. The van der Waals surface area contributed by atoms with Gasteiger partial charge in [0.25, 0.3) is 5.91 Å². The van der Waals surface area contributed by atoms with Gasteiger partial charge in [0.2, 0.25) is 5.91 Å². The van der Waals surface area contributed by atoms with Crippen LogP contribution in [0.15, 0.2) is 97.1 Å². The molecule has 1 fully saturated rings. The Balaban J connectivity index is 1.26. The molecule has 1 saturated heterocycles. The van der Waals surface area contributed by atoms with Crippen LogP contribution in [-0.2, 0) is 4.79 Å². The summed E-state index contributed by atoms with van der Waals surface area (Å²) in [6.45, 7) is 4.25. The summed E-state index contributed by atoms with van der Waals surface area (Å²) in [5, 5.41) is 9.19. The van der Waals surface area contributed by atoms with Crippen LogP contribution in [0.25, 0.3) is 11.3 Å². The molecule has 0 spiro atoms. The minimum absolute atomic E-state index is 0.0360. The largest absolute Gasteiger partial charge is 0.352 e. The summed E-state index contributed by atoms with van der Waals surface area (Å²) in [6, 6.07) is 30.2. The molecule has 3 aromatic carbocycles. The first-order valence-electron chi connectivity index (χ1n) is 13.0. The summed E-state index contributed by atoms with van der Waals surface area (Å²) in [5.41, 5.74) is 3.18. The molecule has 1 atom stereocenters. The number of anilines is 1. The van der Waals surface area contributed by atoms with Crippen LogP contribution in [0.5, 0.6) is 0 Å². The van der Waals surface area contributed by atoms with Gasteiger partial charge in [0.15, 0.2) is 5.82 Å². The molecule has 39 heavy (non-hydrogen) atoms. The standard InChI is InChI=1S/C31H30ClN5O2/c1-23(24-10-4-2-5-11-24)37(31(39)26-14-8-9-15-27(26)32)22-30(38)36-20-18-35(19-21-36)29-17-16-28(33-34-29)25-12-6-3-7-13-25/h2-17,23H,18-22H2,1H3/t23-/m1/s1. The molecule has 198 valence electrons. The summed E-state index contributed by atoms with van der Waals surface area (Å²) in [5.74, 6) is 0.427. The smallest absolute Gasteiger partial charge is 0.256 e. The van der Waals surface area contributed by atoms with Gasteiger partial charge in [0, 0.05) is 31.7 Å². The minimum Gasteiger partial charge on any atom is -0.352 e. The van der Waals surface area contributed by atoms with E-state index >= 15 is 0 Å². The van der Waals surface area contributed by atoms with Crippen molar-refractivity contribution in [1.82, 2.24) is 20.0 Å². The molecule has 0 bridgehead atoms. The lowest BCUT2D eigenvalue weighted by molar-refractivity contribution is -0.132. The van der Waals surface area contributed by atoms with Crippen LogP contribution < -0.4 is 4.90 Å². The second-order valence-corrected chi connectivity index (χ2v) is 9.92. The second-order valence-electron chi connectivity index (χ2n) is 9.51. The van der Waals surface area contributed by atoms with Crippen molar-refractivity contribution >= 4 is 29.2 Å². The third-order valence-corrected chi connectivity index (χ3v) is 7.43. The van der Waals surface area contributed by atoms with Crippen molar-refractivity contribution in [3.8, 4) is 11.3 Å². The average Bonchev–Trinajstić information content (AvgIpc) is 3.00. The highest BCUT2D eigenvalue weighted by Crippen LogP contribution is 2.26. The van der Waals surface area contributed by atoms with Crippen LogP contribution in [0, 0.1) is 0 Å². The zero-order valence-electron chi connectivity index (χ0n) is 21.8. The van der Waals surface area contributed by atoms with E-state index in [4.69, 9.17) is 11.6 Å². The first-order chi connectivity index (χ1) is 19.0. The Kier molecular flexibility index (Phi) is 8.18. The number of benzene rings is 3. The molecule has 0 saturated carbocycles. The summed E-state index contributed by atoms with van der Waals surface area (Å²) in [7, 11) is 0. The van der Waals surface area contributed by atoms with E-state index in [0.717, 1.165) is 22.6 Å². The Morgan fingerprint density at radius 3 is 2.10 bits per heavy atom. The van der Waals surface area contributed by atoms with Gasteiger partial charge < -0.3 is 14.7 Å². The van der Waals surface area contributed by atoms with E-state index < -0.39 is 0 Å². The van der Waals surface area contributed by atoms with Crippen molar-refractivity contribution in [2.45, 2.75) is 13.0 Å². The third kappa shape index (κ3) is 6.10. The molecule has 0 unspecified atom stereocenters.